The van der Waals surface area contributed by atoms with Crippen LogP contribution in [0.15, 0.2) is 36.7 Å². The SMILES string of the molecule is Nc1cc(F)c(OCCCc2ccncc2)cc1C(=O)O. The van der Waals surface area contributed by atoms with Crippen LogP contribution in [-0.2, 0) is 6.42 Å². The molecule has 0 saturated carbocycles. The van der Waals surface area contributed by atoms with E-state index in [9.17, 15) is 9.18 Å². The third kappa shape index (κ3) is 3.92. The molecule has 110 valence electrons. The van der Waals surface area contributed by atoms with E-state index in [1.807, 2.05) is 12.1 Å². The van der Waals surface area contributed by atoms with Gasteiger partial charge in [-0.25, -0.2) is 9.18 Å². The number of hydrogen-bond acceptors (Lipinski definition) is 4. The molecular formula is C15H15FN2O3. The average Bonchev–Trinajstić information content (AvgIpc) is 2.46. The zero-order chi connectivity index (χ0) is 15.2. The number of pyridine rings is 1. The van der Waals surface area contributed by atoms with Crippen molar-refractivity contribution in [2.24, 2.45) is 0 Å². The number of aryl methyl sites for hydroxylation is 1. The van der Waals surface area contributed by atoms with Gasteiger partial charge in [-0.15, -0.1) is 0 Å². The van der Waals surface area contributed by atoms with Crippen molar-refractivity contribution in [3.8, 4) is 5.75 Å². The Labute approximate surface area is 121 Å². The van der Waals surface area contributed by atoms with E-state index >= 15 is 0 Å². The Morgan fingerprint density at radius 1 is 1.33 bits per heavy atom. The zero-order valence-corrected chi connectivity index (χ0v) is 11.3. The Hall–Kier alpha value is -2.63. The van der Waals surface area contributed by atoms with E-state index in [1.54, 1.807) is 12.4 Å². The van der Waals surface area contributed by atoms with Gasteiger partial charge >= 0.3 is 5.97 Å². The molecule has 0 spiro atoms. The van der Waals surface area contributed by atoms with Gasteiger partial charge in [-0.3, -0.25) is 4.98 Å². The van der Waals surface area contributed by atoms with E-state index in [4.69, 9.17) is 15.6 Å². The molecule has 2 rings (SSSR count). The molecule has 3 N–H and O–H groups in total. The van der Waals surface area contributed by atoms with Gasteiger partial charge in [0.05, 0.1) is 12.2 Å². The molecule has 0 aliphatic heterocycles. The number of aromatic carboxylic acids is 1. The summed E-state index contributed by atoms with van der Waals surface area (Å²) in [6.45, 7) is 0.280. The summed E-state index contributed by atoms with van der Waals surface area (Å²) in [5.41, 5.74) is 6.26. The molecule has 2 aromatic rings. The summed E-state index contributed by atoms with van der Waals surface area (Å²) in [5.74, 6) is -1.98. The van der Waals surface area contributed by atoms with Crippen LogP contribution in [0, 0.1) is 5.82 Å². The molecule has 0 saturated heterocycles. The number of rotatable bonds is 6. The van der Waals surface area contributed by atoms with Gasteiger partial charge in [0.25, 0.3) is 0 Å². The van der Waals surface area contributed by atoms with Crippen LogP contribution in [0.25, 0.3) is 0 Å². The molecule has 5 nitrogen and oxygen atoms in total. The molecule has 0 bridgehead atoms. The van der Waals surface area contributed by atoms with Gasteiger partial charge in [0.1, 0.15) is 0 Å². The van der Waals surface area contributed by atoms with Gasteiger partial charge in [0.15, 0.2) is 11.6 Å². The highest BCUT2D eigenvalue weighted by atomic mass is 19.1. The third-order valence-electron chi connectivity index (χ3n) is 2.95. The number of nitrogens with two attached hydrogens (primary N) is 1. The second kappa shape index (κ2) is 6.69. The van der Waals surface area contributed by atoms with Crippen LogP contribution in [0.3, 0.4) is 0 Å². The van der Waals surface area contributed by atoms with Crippen LogP contribution in [0.5, 0.6) is 5.75 Å². The monoisotopic (exact) mass is 290 g/mol. The summed E-state index contributed by atoms with van der Waals surface area (Å²) in [6, 6.07) is 5.86. The zero-order valence-electron chi connectivity index (χ0n) is 11.3. The summed E-state index contributed by atoms with van der Waals surface area (Å²) >= 11 is 0. The quantitative estimate of drug-likeness (QED) is 0.630. The maximum Gasteiger partial charge on any atom is 0.337 e. The molecule has 0 radical (unpaired) electrons. The Morgan fingerprint density at radius 3 is 2.71 bits per heavy atom. The van der Waals surface area contributed by atoms with Crippen molar-refractivity contribution in [3.05, 3.63) is 53.6 Å². The second-order valence-electron chi connectivity index (χ2n) is 4.48. The molecule has 0 amide bonds. The minimum Gasteiger partial charge on any atom is -0.490 e. The van der Waals surface area contributed by atoms with Gasteiger partial charge < -0.3 is 15.6 Å². The first-order valence-electron chi connectivity index (χ1n) is 6.42. The van der Waals surface area contributed by atoms with E-state index < -0.39 is 11.8 Å². The van der Waals surface area contributed by atoms with Gasteiger partial charge in [0, 0.05) is 24.1 Å². The molecule has 1 aromatic carbocycles. The minimum absolute atomic E-state index is 0.101. The van der Waals surface area contributed by atoms with Crippen LogP contribution < -0.4 is 10.5 Å². The van der Waals surface area contributed by atoms with Gasteiger partial charge in [-0.2, -0.15) is 0 Å². The molecule has 1 aromatic heterocycles. The Bertz CT molecular complexity index is 632. The number of benzene rings is 1. The number of nitrogens with zero attached hydrogens (tertiary/aromatic N) is 1. The normalized spacial score (nSPS) is 10.3. The number of aromatic nitrogens is 1. The third-order valence-corrected chi connectivity index (χ3v) is 2.95. The molecule has 1 heterocycles. The average molecular weight is 290 g/mol. The fourth-order valence-electron chi connectivity index (χ4n) is 1.87. The lowest BCUT2D eigenvalue weighted by Gasteiger charge is -2.09. The van der Waals surface area contributed by atoms with Crippen molar-refractivity contribution in [1.82, 2.24) is 4.98 Å². The molecular weight excluding hydrogens is 275 g/mol. The first-order valence-corrected chi connectivity index (χ1v) is 6.42. The number of ether oxygens (including phenoxy) is 1. The predicted octanol–water partition coefficient (Wildman–Crippen LogP) is 2.51. The van der Waals surface area contributed by atoms with Crippen LogP contribution in [-0.4, -0.2) is 22.7 Å². The van der Waals surface area contributed by atoms with Crippen molar-refractivity contribution < 1.29 is 19.0 Å². The maximum absolute atomic E-state index is 13.6. The van der Waals surface area contributed by atoms with Crippen LogP contribution in [0.1, 0.15) is 22.3 Å². The number of carboxylic acid groups (broad SMARTS) is 1. The number of nitrogen functional groups attached to an aromatic ring is 1. The molecule has 0 atom stereocenters. The lowest BCUT2D eigenvalue weighted by atomic mass is 10.1. The highest BCUT2D eigenvalue weighted by Gasteiger charge is 2.14. The Morgan fingerprint density at radius 2 is 2.05 bits per heavy atom. The maximum atomic E-state index is 13.6. The minimum atomic E-state index is -1.21. The lowest BCUT2D eigenvalue weighted by molar-refractivity contribution is 0.0697. The standard InChI is InChI=1S/C15H15FN2O3/c16-12-9-13(17)11(15(19)20)8-14(12)21-7-1-2-10-3-5-18-6-4-10/h3-6,8-9H,1-2,7,17H2,(H,19,20). The van der Waals surface area contributed by atoms with Crippen LogP contribution in [0.4, 0.5) is 10.1 Å². The molecule has 0 aliphatic carbocycles. The van der Waals surface area contributed by atoms with E-state index in [0.29, 0.717) is 6.42 Å². The number of halogens is 1. The summed E-state index contributed by atoms with van der Waals surface area (Å²) in [4.78, 5) is 14.9. The molecule has 0 fully saturated rings. The van der Waals surface area contributed by atoms with E-state index in [0.717, 1.165) is 24.1 Å². The Kier molecular flexibility index (Phi) is 4.71. The smallest absolute Gasteiger partial charge is 0.337 e. The summed E-state index contributed by atoms with van der Waals surface area (Å²) < 4.78 is 18.9. The topological polar surface area (TPSA) is 85.4 Å². The fourth-order valence-corrected chi connectivity index (χ4v) is 1.87. The number of carbonyl (C=O) groups is 1. The van der Waals surface area contributed by atoms with Gasteiger partial charge in [0.2, 0.25) is 0 Å². The number of anilines is 1. The number of hydrogen-bond donors (Lipinski definition) is 2. The van der Waals surface area contributed by atoms with Crippen molar-refractivity contribution >= 4 is 11.7 Å². The van der Waals surface area contributed by atoms with Crippen LogP contribution >= 0.6 is 0 Å². The summed E-state index contributed by atoms with van der Waals surface area (Å²) in [6.07, 6.45) is 4.85. The molecule has 0 unspecified atom stereocenters. The molecule has 6 heteroatoms. The van der Waals surface area contributed by atoms with Crippen LogP contribution in [0.2, 0.25) is 0 Å². The number of carboxylic acids is 1. The summed E-state index contributed by atoms with van der Waals surface area (Å²) in [5, 5.41) is 8.94. The van der Waals surface area contributed by atoms with Crippen molar-refractivity contribution in [3.63, 3.8) is 0 Å². The lowest BCUT2D eigenvalue weighted by Crippen LogP contribution is -2.06. The predicted molar refractivity (Wildman–Crippen MR) is 75.8 cm³/mol. The molecule has 0 aliphatic rings. The second-order valence-corrected chi connectivity index (χ2v) is 4.48. The highest BCUT2D eigenvalue weighted by molar-refractivity contribution is 5.94. The van der Waals surface area contributed by atoms with Crippen molar-refractivity contribution in [2.75, 3.05) is 12.3 Å². The van der Waals surface area contributed by atoms with E-state index in [1.165, 1.54) is 0 Å². The Balaban J connectivity index is 1.94. The molecule has 21 heavy (non-hydrogen) atoms. The van der Waals surface area contributed by atoms with E-state index in [2.05, 4.69) is 4.98 Å². The van der Waals surface area contributed by atoms with Crippen molar-refractivity contribution in [1.29, 1.82) is 0 Å². The summed E-state index contributed by atoms with van der Waals surface area (Å²) in [7, 11) is 0. The highest BCUT2D eigenvalue weighted by Crippen LogP contribution is 2.24. The fraction of sp³-hybridized carbons (Fsp3) is 0.200. The largest absolute Gasteiger partial charge is 0.490 e. The van der Waals surface area contributed by atoms with Gasteiger partial charge in [-0.05, 0) is 36.6 Å². The first-order chi connectivity index (χ1) is 10.1. The first kappa shape index (κ1) is 14.8. The van der Waals surface area contributed by atoms with E-state index in [-0.39, 0.29) is 23.6 Å². The van der Waals surface area contributed by atoms with Crippen molar-refractivity contribution in [2.45, 2.75) is 12.8 Å². The van der Waals surface area contributed by atoms with Gasteiger partial charge in [-0.1, -0.05) is 0 Å².